The van der Waals surface area contributed by atoms with E-state index in [2.05, 4.69) is 15.3 Å². The molecule has 0 spiro atoms. The number of aromatic nitrogens is 2. The van der Waals surface area contributed by atoms with E-state index in [0.717, 1.165) is 33.3 Å². The predicted octanol–water partition coefficient (Wildman–Crippen LogP) is 3.35. The lowest BCUT2D eigenvalue weighted by Crippen LogP contribution is -2.38. The van der Waals surface area contributed by atoms with Gasteiger partial charge in [0.2, 0.25) is 5.91 Å². The average molecular weight is 443 g/mol. The third-order valence-corrected chi connectivity index (χ3v) is 7.16. The van der Waals surface area contributed by atoms with Gasteiger partial charge in [-0.15, -0.1) is 11.3 Å². The average Bonchev–Trinajstić information content (AvgIpc) is 3.42. The van der Waals surface area contributed by atoms with Crippen LogP contribution in [-0.2, 0) is 24.3 Å². The molecule has 0 aromatic carbocycles. The molecule has 156 valence electrons. The standard InChI is InChI=1S/C21H22N4O3S2/c1-13-11-29-21(24-13)30-12-19(26)25-6-5-16-15(10-25)8-22-14(2)17(16)9-23-20(27)18-4-3-7-28-18/h3-4,7-8,11H,5-6,9-10,12H2,1-2H3,(H,23,27). The highest BCUT2D eigenvalue weighted by atomic mass is 32.2. The van der Waals surface area contributed by atoms with Crippen LogP contribution in [0.3, 0.4) is 0 Å². The summed E-state index contributed by atoms with van der Waals surface area (Å²) in [6.45, 7) is 5.48. The Labute approximate surface area is 182 Å². The summed E-state index contributed by atoms with van der Waals surface area (Å²) >= 11 is 3.05. The van der Waals surface area contributed by atoms with E-state index in [1.807, 2.05) is 30.3 Å². The van der Waals surface area contributed by atoms with Crippen LogP contribution in [0.2, 0.25) is 0 Å². The first-order chi connectivity index (χ1) is 14.5. The van der Waals surface area contributed by atoms with Crippen LogP contribution >= 0.6 is 23.1 Å². The number of carbonyl (C=O) groups excluding carboxylic acids is 2. The van der Waals surface area contributed by atoms with Crippen molar-refractivity contribution in [1.29, 1.82) is 0 Å². The van der Waals surface area contributed by atoms with Crippen molar-refractivity contribution in [2.24, 2.45) is 0 Å². The molecule has 30 heavy (non-hydrogen) atoms. The minimum atomic E-state index is -0.251. The second kappa shape index (κ2) is 9.01. The van der Waals surface area contributed by atoms with Gasteiger partial charge in [0.15, 0.2) is 10.1 Å². The maximum absolute atomic E-state index is 12.7. The molecule has 0 unspecified atom stereocenters. The number of aryl methyl sites for hydroxylation is 2. The number of hydrogen-bond acceptors (Lipinski definition) is 7. The lowest BCUT2D eigenvalue weighted by Gasteiger charge is -2.30. The SMILES string of the molecule is Cc1csc(SCC(=O)N2CCc3c(cnc(C)c3CNC(=O)c3ccco3)C2)n1. The molecule has 4 heterocycles. The van der Waals surface area contributed by atoms with Gasteiger partial charge in [-0.1, -0.05) is 11.8 Å². The van der Waals surface area contributed by atoms with Crippen molar-refractivity contribution >= 4 is 34.9 Å². The summed E-state index contributed by atoms with van der Waals surface area (Å²) in [5.74, 6) is 0.522. The van der Waals surface area contributed by atoms with Crippen molar-refractivity contribution in [3.05, 3.63) is 63.8 Å². The number of thioether (sulfide) groups is 1. The summed E-state index contributed by atoms with van der Waals surface area (Å²) in [4.78, 5) is 35.7. The van der Waals surface area contributed by atoms with Crippen LogP contribution in [0.25, 0.3) is 0 Å². The third kappa shape index (κ3) is 4.57. The van der Waals surface area contributed by atoms with Gasteiger partial charge in [-0.05, 0) is 49.1 Å². The number of fused-ring (bicyclic) bond motifs is 1. The van der Waals surface area contributed by atoms with Gasteiger partial charge < -0.3 is 14.6 Å². The van der Waals surface area contributed by atoms with E-state index in [9.17, 15) is 9.59 Å². The second-order valence-electron chi connectivity index (χ2n) is 7.09. The topological polar surface area (TPSA) is 88.3 Å². The van der Waals surface area contributed by atoms with Crippen LogP contribution in [-0.4, -0.2) is 39.0 Å². The first kappa shape index (κ1) is 20.6. The Balaban J connectivity index is 1.40. The molecule has 4 rings (SSSR count). The van der Waals surface area contributed by atoms with Crippen molar-refractivity contribution in [3.63, 3.8) is 0 Å². The molecule has 0 atom stereocenters. The first-order valence-corrected chi connectivity index (χ1v) is 11.5. The fraction of sp³-hybridized carbons (Fsp3) is 0.333. The van der Waals surface area contributed by atoms with E-state index >= 15 is 0 Å². The zero-order valence-electron chi connectivity index (χ0n) is 16.8. The first-order valence-electron chi connectivity index (χ1n) is 9.62. The van der Waals surface area contributed by atoms with Gasteiger partial charge in [-0.25, -0.2) is 4.98 Å². The molecule has 3 aromatic heterocycles. The smallest absolute Gasteiger partial charge is 0.287 e. The minimum Gasteiger partial charge on any atom is -0.459 e. The van der Waals surface area contributed by atoms with Gasteiger partial charge >= 0.3 is 0 Å². The molecule has 3 aromatic rings. The van der Waals surface area contributed by atoms with Crippen LogP contribution in [0, 0.1) is 13.8 Å². The summed E-state index contributed by atoms with van der Waals surface area (Å²) in [5, 5.41) is 4.89. The van der Waals surface area contributed by atoms with Gasteiger partial charge in [0.25, 0.3) is 5.91 Å². The molecule has 1 N–H and O–H groups in total. The van der Waals surface area contributed by atoms with Crippen molar-refractivity contribution in [1.82, 2.24) is 20.2 Å². The van der Waals surface area contributed by atoms with Gasteiger partial charge in [0.05, 0.1) is 12.0 Å². The lowest BCUT2D eigenvalue weighted by atomic mass is 9.95. The summed E-state index contributed by atoms with van der Waals surface area (Å²) in [6, 6.07) is 3.32. The molecule has 1 aliphatic heterocycles. The number of nitrogens with one attached hydrogen (secondary N) is 1. The number of rotatable bonds is 6. The Morgan fingerprint density at radius 1 is 1.37 bits per heavy atom. The number of hydrogen-bond donors (Lipinski definition) is 1. The van der Waals surface area contributed by atoms with E-state index in [1.165, 1.54) is 23.6 Å². The quantitative estimate of drug-likeness (QED) is 0.589. The number of nitrogens with zero attached hydrogens (tertiary/aromatic N) is 3. The third-order valence-electron chi connectivity index (χ3n) is 5.04. The van der Waals surface area contributed by atoms with Gasteiger partial charge in [-0.2, -0.15) is 0 Å². The van der Waals surface area contributed by atoms with E-state index in [-0.39, 0.29) is 17.6 Å². The number of thiazole rings is 1. The lowest BCUT2D eigenvalue weighted by molar-refractivity contribution is -0.129. The number of furan rings is 1. The van der Waals surface area contributed by atoms with Crippen LogP contribution in [0.1, 0.15) is 38.6 Å². The van der Waals surface area contributed by atoms with Crippen LogP contribution in [0.4, 0.5) is 0 Å². The highest BCUT2D eigenvalue weighted by Crippen LogP contribution is 2.26. The number of amides is 2. The van der Waals surface area contributed by atoms with Crippen molar-refractivity contribution in [3.8, 4) is 0 Å². The maximum atomic E-state index is 12.7. The van der Waals surface area contributed by atoms with Crippen LogP contribution in [0.5, 0.6) is 0 Å². The predicted molar refractivity (Wildman–Crippen MR) is 116 cm³/mol. The highest BCUT2D eigenvalue weighted by Gasteiger charge is 2.24. The Bertz CT molecular complexity index is 1060. The molecule has 0 fully saturated rings. The minimum absolute atomic E-state index is 0.103. The zero-order chi connectivity index (χ0) is 21.1. The summed E-state index contributed by atoms with van der Waals surface area (Å²) in [7, 11) is 0. The van der Waals surface area contributed by atoms with Crippen LogP contribution in [0.15, 0.2) is 38.7 Å². The molecule has 9 heteroatoms. The second-order valence-corrected chi connectivity index (χ2v) is 9.18. The summed E-state index contributed by atoms with van der Waals surface area (Å²) in [6.07, 6.45) is 4.07. The summed E-state index contributed by atoms with van der Waals surface area (Å²) < 4.78 is 6.07. The molecule has 0 saturated heterocycles. The van der Waals surface area contributed by atoms with Crippen molar-refractivity contribution in [2.45, 2.75) is 37.7 Å². The highest BCUT2D eigenvalue weighted by molar-refractivity contribution is 8.01. The van der Waals surface area contributed by atoms with E-state index in [1.54, 1.807) is 23.5 Å². The largest absolute Gasteiger partial charge is 0.459 e. The molecule has 0 saturated carbocycles. The zero-order valence-corrected chi connectivity index (χ0v) is 18.4. The monoisotopic (exact) mass is 442 g/mol. The number of carbonyl (C=O) groups is 2. The fourth-order valence-corrected chi connectivity index (χ4v) is 5.20. The van der Waals surface area contributed by atoms with Gasteiger partial charge in [-0.3, -0.25) is 14.6 Å². The number of pyridine rings is 1. The molecule has 0 aliphatic carbocycles. The van der Waals surface area contributed by atoms with Gasteiger partial charge in [0, 0.05) is 42.6 Å². The van der Waals surface area contributed by atoms with Crippen molar-refractivity contribution in [2.75, 3.05) is 12.3 Å². The molecular formula is C21H22N4O3S2. The molecule has 7 nitrogen and oxygen atoms in total. The molecule has 2 amide bonds. The summed E-state index contributed by atoms with van der Waals surface area (Å²) in [5.41, 5.74) is 5.11. The molecule has 0 radical (unpaired) electrons. The Morgan fingerprint density at radius 2 is 2.23 bits per heavy atom. The van der Waals surface area contributed by atoms with Crippen LogP contribution < -0.4 is 5.32 Å². The Morgan fingerprint density at radius 3 is 2.97 bits per heavy atom. The fourth-order valence-electron chi connectivity index (χ4n) is 3.45. The normalized spacial score (nSPS) is 13.2. The molecular weight excluding hydrogens is 420 g/mol. The van der Waals surface area contributed by atoms with E-state index < -0.39 is 0 Å². The van der Waals surface area contributed by atoms with Crippen molar-refractivity contribution < 1.29 is 14.0 Å². The molecule has 0 bridgehead atoms. The molecule has 1 aliphatic rings. The van der Waals surface area contributed by atoms with E-state index in [4.69, 9.17) is 4.42 Å². The maximum Gasteiger partial charge on any atom is 0.287 e. The Kier molecular flexibility index (Phi) is 6.19. The van der Waals surface area contributed by atoms with E-state index in [0.29, 0.717) is 25.4 Å². The van der Waals surface area contributed by atoms with Gasteiger partial charge in [0.1, 0.15) is 0 Å². The Hall–Kier alpha value is -2.65.